The van der Waals surface area contributed by atoms with E-state index in [-0.39, 0.29) is 23.7 Å². The molecule has 190 valence electrons. The first-order chi connectivity index (χ1) is 17.0. The normalized spacial score (nSPS) is 31.3. The van der Waals surface area contributed by atoms with Crippen LogP contribution in [0.4, 0.5) is 0 Å². The first-order valence-electron chi connectivity index (χ1n) is 13.3. The maximum atomic E-state index is 13.9. The van der Waals surface area contributed by atoms with Crippen LogP contribution in [0.2, 0.25) is 0 Å². The molecule has 3 aliphatic heterocycles. The summed E-state index contributed by atoms with van der Waals surface area (Å²) in [4.78, 5) is 31.8. The van der Waals surface area contributed by atoms with Crippen molar-refractivity contribution in [1.82, 2.24) is 9.80 Å². The Bertz CT molecular complexity index is 968. The number of benzene rings is 1. The van der Waals surface area contributed by atoms with E-state index in [1.54, 1.807) is 0 Å². The monoisotopic (exact) mass is 482 g/mol. The van der Waals surface area contributed by atoms with Gasteiger partial charge in [0.25, 0.3) is 5.91 Å². The van der Waals surface area contributed by atoms with Gasteiger partial charge in [-0.15, -0.1) is 0 Å². The van der Waals surface area contributed by atoms with Crippen LogP contribution in [0.15, 0.2) is 35.6 Å². The molecule has 2 fully saturated rings. The van der Waals surface area contributed by atoms with Gasteiger partial charge >= 0.3 is 0 Å². The van der Waals surface area contributed by atoms with Crippen molar-refractivity contribution in [1.29, 1.82) is 0 Å². The number of Topliss-reactive ketones (excluding diaryl/α,β-unsaturated/α-hetero) is 1. The number of nitrogens with zero attached hydrogens (tertiary/aromatic N) is 2. The van der Waals surface area contributed by atoms with Crippen molar-refractivity contribution in [3.63, 3.8) is 0 Å². The van der Waals surface area contributed by atoms with Crippen molar-refractivity contribution in [2.45, 2.75) is 52.2 Å². The average Bonchev–Trinajstić information content (AvgIpc) is 3.14. The van der Waals surface area contributed by atoms with Gasteiger partial charge < -0.3 is 19.1 Å². The van der Waals surface area contributed by atoms with E-state index in [0.29, 0.717) is 36.3 Å². The van der Waals surface area contributed by atoms with Crippen LogP contribution in [0.3, 0.4) is 0 Å². The highest BCUT2D eigenvalue weighted by Gasteiger charge is 2.53. The van der Waals surface area contributed by atoms with E-state index in [9.17, 15) is 9.59 Å². The van der Waals surface area contributed by atoms with E-state index < -0.39 is 6.04 Å². The third-order valence-electron chi connectivity index (χ3n) is 8.29. The fraction of sp³-hybridized carbons (Fsp3) is 0.643. The summed E-state index contributed by atoms with van der Waals surface area (Å²) in [6, 6.07) is 7.42. The Kier molecular flexibility index (Phi) is 7.17. The molecule has 35 heavy (non-hydrogen) atoms. The molecule has 5 rings (SSSR count). The average molecular weight is 483 g/mol. The lowest BCUT2D eigenvalue weighted by molar-refractivity contribution is -0.137. The molecule has 0 aromatic heterocycles. The van der Waals surface area contributed by atoms with Gasteiger partial charge in [0.05, 0.1) is 37.4 Å². The molecule has 1 aliphatic carbocycles. The maximum Gasteiger partial charge on any atom is 0.290 e. The van der Waals surface area contributed by atoms with Crippen LogP contribution in [0.25, 0.3) is 0 Å². The van der Waals surface area contributed by atoms with E-state index in [1.165, 1.54) is 0 Å². The number of carbonyl (C=O) groups excluding carboxylic acids is 2. The highest BCUT2D eigenvalue weighted by atomic mass is 16.5. The van der Waals surface area contributed by atoms with Crippen LogP contribution in [-0.4, -0.2) is 73.6 Å². The Balaban J connectivity index is 1.42. The zero-order valence-corrected chi connectivity index (χ0v) is 21.2. The number of fused-ring (bicyclic) bond motifs is 1. The minimum Gasteiger partial charge on any atom is -0.494 e. The van der Waals surface area contributed by atoms with Crippen LogP contribution < -0.4 is 4.74 Å². The second kappa shape index (κ2) is 10.3. The van der Waals surface area contributed by atoms with Gasteiger partial charge in [-0.2, -0.15) is 0 Å². The second-order valence-corrected chi connectivity index (χ2v) is 10.5. The molecule has 3 heterocycles. The van der Waals surface area contributed by atoms with Crippen LogP contribution in [0.5, 0.6) is 5.75 Å². The van der Waals surface area contributed by atoms with Crippen LogP contribution >= 0.6 is 0 Å². The third-order valence-corrected chi connectivity index (χ3v) is 8.29. The van der Waals surface area contributed by atoms with E-state index in [1.807, 2.05) is 36.1 Å². The van der Waals surface area contributed by atoms with Crippen molar-refractivity contribution >= 4 is 11.7 Å². The lowest BCUT2D eigenvalue weighted by atomic mass is 9.70. The molecule has 1 amide bonds. The maximum absolute atomic E-state index is 13.9. The minimum atomic E-state index is -0.402. The molecule has 1 saturated heterocycles. The molecule has 1 aromatic rings. The lowest BCUT2D eigenvalue weighted by Gasteiger charge is -2.40. The quantitative estimate of drug-likeness (QED) is 0.592. The third kappa shape index (κ3) is 4.73. The smallest absolute Gasteiger partial charge is 0.290 e. The number of ketones is 1. The summed E-state index contributed by atoms with van der Waals surface area (Å²) in [5, 5.41) is 0. The summed E-state index contributed by atoms with van der Waals surface area (Å²) in [7, 11) is 0. The lowest BCUT2D eigenvalue weighted by Crippen LogP contribution is -2.43. The number of rotatable bonds is 7. The van der Waals surface area contributed by atoms with E-state index in [2.05, 4.69) is 18.7 Å². The number of ether oxygens (including phenoxy) is 3. The van der Waals surface area contributed by atoms with Crippen molar-refractivity contribution < 1.29 is 23.8 Å². The molecule has 5 atom stereocenters. The van der Waals surface area contributed by atoms with Gasteiger partial charge in [0.15, 0.2) is 11.5 Å². The molecule has 7 nitrogen and oxygen atoms in total. The fourth-order valence-corrected chi connectivity index (χ4v) is 6.09. The minimum absolute atomic E-state index is 0.109. The summed E-state index contributed by atoms with van der Waals surface area (Å²) in [6.45, 7) is 11.8. The molecule has 4 aliphatic rings. The van der Waals surface area contributed by atoms with E-state index >= 15 is 0 Å². The molecule has 1 saturated carbocycles. The van der Waals surface area contributed by atoms with Gasteiger partial charge in [-0.1, -0.05) is 26.0 Å². The van der Waals surface area contributed by atoms with Crippen molar-refractivity contribution in [3.8, 4) is 5.75 Å². The van der Waals surface area contributed by atoms with E-state index in [4.69, 9.17) is 14.2 Å². The fourth-order valence-electron chi connectivity index (χ4n) is 6.09. The summed E-state index contributed by atoms with van der Waals surface area (Å²) in [5.41, 5.74) is 1.50. The predicted molar refractivity (Wildman–Crippen MR) is 132 cm³/mol. The Morgan fingerprint density at radius 3 is 2.43 bits per heavy atom. The SMILES string of the molecule is CCOc1ccc(C2C3=C(OC4CC(C)C(C)CC4C3=O)C(=O)N2CCCN2CCOCC2)cc1. The first-order valence-corrected chi connectivity index (χ1v) is 13.3. The zero-order valence-electron chi connectivity index (χ0n) is 21.2. The molecule has 1 aromatic carbocycles. The molecule has 5 unspecified atom stereocenters. The van der Waals surface area contributed by atoms with E-state index in [0.717, 1.165) is 63.4 Å². The highest BCUT2D eigenvalue weighted by molar-refractivity contribution is 6.11. The first kappa shape index (κ1) is 24.3. The molecule has 0 radical (unpaired) electrons. The summed E-state index contributed by atoms with van der Waals surface area (Å²) in [5.74, 6) is 1.84. The number of carbonyl (C=O) groups is 2. The molecular weight excluding hydrogens is 444 g/mol. The number of hydrogen-bond donors (Lipinski definition) is 0. The Morgan fingerprint density at radius 2 is 1.71 bits per heavy atom. The summed E-state index contributed by atoms with van der Waals surface area (Å²) >= 11 is 0. The predicted octanol–water partition coefficient (Wildman–Crippen LogP) is 3.60. The number of hydrogen-bond acceptors (Lipinski definition) is 6. The van der Waals surface area contributed by atoms with Crippen LogP contribution in [0, 0.1) is 17.8 Å². The Labute approximate surface area is 208 Å². The Morgan fingerprint density at radius 1 is 1.00 bits per heavy atom. The highest BCUT2D eigenvalue weighted by Crippen LogP contribution is 2.48. The van der Waals surface area contributed by atoms with Gasteiger partial charge in [0.2, 0.25) is 0 Å². The summed E-state index contributed by atoms with van der Waals surface area (Å²) < 4.78 is 17.5. The molecule has 0 bridgehead atoms. The topological polar surface area (TPSA) is 68.3 Å². The van der Waals surface area contributed by atoms with Crippen molar-refractivity contribution in [3.05, 3.63) is 41.2 Å². The van der Waals surface area contributed by atoms with Gasteiger partial charge in [0, 0.05) is 26.2 Å². The van der Waals surface area contributed by atoms with Crippen LogP contribution in [-0.2, 0) is 19.1 Å². The van der Waals surface area contributed by atoms with Crippen LogP contribution in [0.1, 0.15) is 51.6 Å². The molecule has 7 heteroatoms. The van der Waals surface area contributed by atoms with Crippen molar-refractivity contribution in [2.75, 3.05) is 46.0 Å². The zero-order chi connectivity index (χ0) is 24.5. The van der Waals surface area contributed by atoms with Gasteiger partial charge in [0.1, 0.15) is 11.9 Å². The standard InChI is InChI=1S/C28H38N2O5/c1-4-34-21-8-6-20(7-9-21)25-24-26(31)22-16-18(2)19(3)17-23(22)35-27(24)28(32)30(25)11-5-10-29-12-14-33-15-13-29/h6-9,18-19,22-23,25H,4-5,10-17H2,1-3H3. The van der Waals surface area contributed by atoms with Crippen molar-refractivity contribution in [2.24, 2.45) is 17.8 Å². The Hall–Kier alpha value is -2.38. The number of morpholine rings is 1. The summed E-state index contributed by atoms with van der Waals surface area (Å²) in [6.07, 6.45) is 2.30. The molecule has 0 N–H and O–H groups in total. The van der Waals surface area contributed by atoms with Gasteiger partial charge in [-0.3, -0.25) is 14.5 Å². The number of amides is 1. The molecule has 0 spiro atoms. The second-order valence-electron chi connectivity index (χ2n) is 10.5. The van der Waals surface area contributed by atoms with Gasteiger partial charge in [-0.25, -0.2) is 0 Å². The largest absolute Gasteiger partial charge is 0.494 e. The van der Waals surface area contributed by atoms with Gasteiger partial charge in [-0.05, 0) is 55.7 Å². The molecular formula is C28H38N2O5.